The second-order valence-corrected chi connectivity index (χ2v) is 7.97. The van der Waals surface area contributed by atoms with Gasteiger partial charge in [0.25, 0.3) is 0 Å². The van der Waals surface area contributed by atoms with Gasteiger partial charge < -0.3 is 10.3 Å². The molecule has 1 aromatic rings. The van der Waals surface area contributed by atoms with Crippen molar-refractivity contribution in [3.8, 4) is 0 Å². The van der Waals surface area contributed by atoms with Gasteiger partial charge in [-0.3, -0.25) is 4.79 Å². The number of pyridine rings is 1. The van der Waals surface area contributed by atoms with Gasteiger partial charge in [0.15, 0.2) is 0 Å². The Labute approximate surface area is 122 Å². The Morgan fingerprint density at radius 3 is 2.60 bits per heavy atom. The lowest BCUT2D eigenvalue weighted by atomic mass is 9.80. The average molecular weight is 276 g/mol. The van der Waals surface area contributed by atoms with Gasteiger partial charge in [-0.15, -0.1) is 0 Å². The lowest BCUT2D eigenvalue weighted by Crippen LogP contribution is -2.45. The maximum Gasteiger partial charge on any atom is 0.248 e. The van der Waals surface area contributed by atoms with Crippen molar-refractivity contribution in [1.29, 1.82) is 0 Å². The zero-order valence-electron chi connectivity index (χ0n) is 13.5. The molecule has 0 amide bonds. The summed E-state index contributed by atoms with van der Waals surface area (Å²) < 4.78 is 0. The first-order valence-corrected chi connectivity index (χ1v) is 7.66. The summed E-state index contributed by atoms with van der Waals surface area (Å²) >= 11 is 0. The van der Waals surface area contributed by atoms with Crippen molar-refractivity contribution in [3.05, 3.63) is 33.7 Å². The van der Waals surface area contributed by atoms with Crippen LogP contribution in [-0.4, -0.2) is 10.5 Å². The Morgan fingerprint density at radius 1 is 1.25 bits per heavy atom. The van der Waals surface area contributed by atoms with Crippen LogP contribution < -0.4 is 10.9 Å². The average Bonchev–Trinajstić information content (AvgIpc) is 2.24. The van der Waals surface area contributed by atoms with Crippen molar-refractivity contribution in [1.82, 2.24) is 10.3 Å². The molecule has 1 heterocycles. The number of rotatable bonds is 3. The maximum atomic E-state index is 11.4. The molecular formula is C17H28N2O. The Balaban J connectivity index is 2.18. The highest BCUT2D eigenvalue weighted by atomic mass is 16.1. The van der Waals surface area contributed by atoms with Gasteiger partial charge in [-0.1, -0.05) is 26.8 Å². The molecule has 0 bridgehead atoms. The standard InChI is InChI=1S/C17H28N2O/c1-16(2,3)11-17(4,5)19-14-8-6-7-13-12(14)9-10-15(20)18-13/h9-10,14,19H,6-8,11H2,1-5H3,(H,18,20). The van der Waals surface area contributed by atoms with Gasteiger partial charge in [-0.05, 0) is 50.5 Å². The van der Waals surface area contributed by atoms with E-state index in [2.05, 4.69) is 44.9 Å². The fourth-order valence-electron chi connectivity index (χ4n) is 3.70. The summed E-state index contributed by atoms with van der Waals surface area (Å²) in [5.74, 6) is 0. The normalized spacial score (nSPS) is 19.8. The van der Waals surface area contributed by atoms with E-state index in [1.54, 1.807) is 6.07 Å². The molecule has 0 radical (unpaired) electrons. The Kier molecular flexibility index (Phi) is 4.10. The minimum absolute atomic E-state index is 0.0124. The summed E-state index contributed by atoms with van der Waals surface area (Å²) in [5.41, 5.74) is 2.80. The molecule has 1 aliphatic carbocycles. The van der Waals surface area contributed by atoms with Gasteiger partial charge in [-0.2, -0.15) is 0 Å². The number of fused-ring (bicyclic) bond motifs is 1. The minimum atomic E-state index is 0.0124. The van der Waals surface area contributed by atoms with Crippen molar-refractivity contribution in [3.63, 3.8) is 0 Å². The fraction of sp³-hybridized carbons (Fsp3) is 0.706. The number of aryl methyl sites for hydroxylation is 1. The fourth-order valence-corrected chi connectivity index (χ4v) is 3.70. The zero-order chi connectivity index (χ0) is 15.0. The van der Waals surface area contributed by atoms with Gasteiger partial charge in [0.2, 0.25) is 5.56 Å². The molecule has 3 nitrogen and oxygen atoms in total. The van der Waals surface area contributed by atoms with Crippen LogP contribution in [0.15, 0.2) is 16.9 Å². The first-order valence-electron chi connectivity index (χ1n) is 7.66. The molecule has 3 heteroatoms. The number of H-pyrrole nitrogens is 1. The van der Waals surface area contributed by atoms with Crippen molar-refractivity contribution < 1.29 is 0 Å². The van der Waals surface area contributed by atoms with E-state index in [-0.39, 0.29) is 11.1 Å². The highest BCUT2D eigenvalue weighted by molar-refractivity contribution is 5.26. The van der Waals surface area contributed by atoms with Crippen molar-refractivity contribution in [2.75, 3.05) is 0 Å². The molecule has 0 saturated heterocycles. The Bertz CT molecular complexity index is 523. The van der Waals surface area contributed by atoms with Gasteiger partial charge >= 0.3 is 0 Å². The van der Waals surface area contributed by atoms with E-state index in [1.165, 1.54) is 5.56 Å². The summed E-state index contributed by atoms with van der Waals surface area (Å²) in [6.45, 7) is 11.4. The summed E-state index contributed by atoms with van der Waals surface area (Å²) in [5, 5.41) is 3.81. The number of hydrogen-bond acceptors (Lipinski definition) is 2. The van der Waals surface area contributed by atoms with Crippen LogP contribution in [0.5, 0.6) is 0 Å². The molecule has 2 N–H and O–H groups in total. The molecule has 0 aromatic carbocycles. The topological polar surface area (TPSA) is 44.9 Å². The third kappa shape index (κ3) is 3.95. The SMILES string of the molecule is CC(C)(C)CC(C)(C)NC1CCCc2[nH]c(=O)ccc21. The molecular weight excluding hydrogens is 248 g/mol. The summed E-state index contributed by atoms with van der Waals surface area (Å²) in [7, 11) is 0. The van der Waals surface area contributed by atoms with Crippen LogP contribution in [0.4, 0.5) is 0 Å². The third-order valence-corrected chi connectivity index (χ3v) is 3.87. The van der Waals surface area contributed by atoms with Crippen LogP contribution in [0.1, 0.15) is 71.2 Å². The monoisotopic (exact) mass is 276 g/mol. The molecule has 1 atom stereocenters. The van der Waals surface area contributed by atoms with Crippen molar-refractivity contribution in [2.45, 2.75) is 71.9 Å². The lowest BCUT2D eigenvalue weighted by Gasteiger charge is -2.38. The van der Waals surface area contributed by atoms with E-state index >= 15 is 0 Å². The molecule has 2 rings (SSSR count). The summed E-state index contributed by atoms with van der Waals surface area (Å²) in [6.07, 6.45) is 4.39. The van der Waals surface area contributed by atoms with E-state index < -0.39 is 0 Å². The summed E-state index contributed by atoms with van der Waals surface area (Å²) in [6, 6.07) is 4.00. The van der Waals surface area contributed by atoms with Gasteiger partial charge in [0.1, 0.15) is 0 Å². The molecule has 1 unspecified atom stereocenters. The van der Waals surface area contributed by atoms with Crippen LogP contribution >= 0.6 is 0 Å². The van der Waals surface area contributed by atoms with Gasteiger partial charge in [0, 0.05) is 23.3 Å². The number of hydrogen-bond donors (Lipinski definition) is 2. The lowest BCUT2D eigenvalue weighted by molar-refractivity contribution is 0.215. The van der Waals surface area contributed by atoms with E-state index in [0.717, 1.165) is 31.4 Å². The van der Waals surface area contributed by atoms with Gasteiger partial charge in [-0.25, -0.2) is 0 Å². The highest BCUT2D eigenvalue weighted by Crippen LogP contribution is 2.33. The number of aromatic amines is 1. The Hall–Kier alpha value is -1.09. The van der Waals surface area contributed by atoms with Crippen LogP contribution in [0.25, 0.3) is 0 Å². The largest absolute Gasteiger partial charge is 0.326 e. The van der Waals surface area contributed by atoms with Crippen LogP contribution in [0.2, 0.25) is 0 Å². The molecule has 0 spiro atoms. The van der Waals surface area contributed by atoms with E-state index in [1.807, 2.05) is 6.07 Å². The predicted molar refractivity (Wildman–Crippen MR) is 84.0 cm³/mol. The second-order valence-electron chi connectivity index (χ2n) is 7.97. The van der Waals surface area contributed by atoms with E-state index in [4.69, 9.17) is 0 Å². The van der Waals surface area contributed by atoms with Crippen LogP contribution in [0.3, 0.4) is 0 Å². The maximum absolute atomic E-state index is 11.4. The van der Waals surface area contributed by atoms with Crippen LogP contribution in [0, 0.1) is 5.41 Å². The molecule has 0 fully saturated rings. The first-order chi connectivity index (χ1) is 9.16. The first kappa shape index (κ1) is 15.3. The highest BCUT2D eigenvalue weighted by Gasteiger charge is 2.30. The number of nitrogens with one attached hydrogen (secondary N) is 2. The molecule has 0 aliphatic heterocycles. The third-order valence-electron chi connectivity index (χ3n) is 3.87. The van der Waals surface area contributed by atoms with Crippen molar-refractivity contribution in [2.24, 2.45) is 5.41 Å². The van der Waals surface area contributed by atoms with E-state index in [0.29, 0.717) is 11.5 Å². The van der Waals surface area contributed by atoms with Gasteiger partial charge in [0.05, 0.1) is 0 Å². The zero-order valence-corrected chi connectivity index (χ0v) is 13.5. The molecule has 0 saturated carbocycles. The molecule has 20 heavy (non-hydrogen) atoms. The van der Waals surface area contributed by atoms with Crippen LogP contribution in [-0.2, 0) is 6.42 Å². The quantitative estimate of drug-likeness (QED) is 0.886. The summed E-state index contributed by atoms with van der Waals surface area (Å²) in [4.78, 5) is 14.4. The minimum Gasteiger partial charge on any atom is -0.326 e. The number of aromatic nitrogens is 1. The molecule has 112 valence electrons. The molecule has 1 aromatic heterocycles. The second kappa shape index (κ2) is 5.36. The van der Waals surface area contributed by atoms with E-state index in [9.17, 15) is 4.79 Å². The Morgan fingerprint density at radius 2 is 1.95 bits per heavy atom. The van der Waals surface area contributed by atoms with Crippen molar-refractivity contribution >= 4 is 0 Å². The predicted octanol–water partition coefficient (Wildman–Crippen LogP) is 3.56. The smallest absolute Gasteiger partial charge is 0.248 e. The molecule has 1 aliphatic rings.